The number of thioether (sulfide) groups is 1. The standard InChI is InChI=1S/C22H20F2N4O3S/c1-11-7-8-13(21(29)30)9-14(11)18(25)15-10-26-22(31)28(20(15)27-12(2)32-3)19-16(23)5-4-6-17(19)24/h4-9H,2,10,25H2,1,3H3,(H,26,31)(H,29,30)/b18-15-,27-20+. The van der Waals surface area contributed by atoms with Gasteiger partial charge in [-0.3, -0.25) is 0 Å². The summed E-state index contributed by atoms with van der Waals surface area (Å²) in [5.74, 6) is -3.17. The molecule has 2 aromatic carbocycles. The van der Waals surface area contributed by atoms with E-state index in [1.54, 1.807) is 19.2 Å². The van der Waals surface area contributed by atoms with Crippen LogP contribution in [0.4, 0.5) is 19.3 Å². The summed E-state index contributed by atoms with van der Waals surface area (Å²) in [5, 5.41) is 12.2. The average molecular weight is 458 g/mol. The third-order valence-corrected chi connectivity index (χ3v) is 5.39. The van der Waals surface area contributed by atoms with Crippen LogP contribution in [-0.4, -0.2) is 35.7 Å². The third-order valence-electron chi connectivity index (χ3n) is 4.83. The minimum absolute atomic E-state index is 0.0120. The number of aromatic carboxylic acids is 1. The van der Waals surface area contributed by atoms with Gasteiger partial charge in [0, 0.05) is 16.8 Å². The lowest BCUT2D eigenvalue weighted by Gasteiger charge is -2.32. The number of carboxylic acids is 1. The zero-order valence-electron chi connectivity index (χ0n) is 17.3. The Hall–Kier alpha value is -3.66. The van der Waals surface area contributed by atoms with Crippen molar-refractivity contribution in [1.82, 2.24) is 5.32 Å². The number of para-hydroxylation sites is 1. The molecule has 0 radical (unpaired) electrons. The summed E-state index contributed by atoms with van der Waals surface area (Å²) < 4.78 is 29.2. The highest BCUT2D eigenvalue weighted by Crippen LogP contribution is 2.31. The summed E-state index contributed by atoms with van der Waals surface area (Å²) in [5.41, 5.74) is 7.25. The van der Waals surface area contributed by atoms with Gasteiger partial charge in [-0.2, -0.15) is 0 Å². The number of aliphatic imine (C=N–C) groups is 1. The van der Waals surface area contributed by atoms with Crippen LogP contribution in [0.1, 0.15) is 21.5 Å². The molecular formula is C22H20F2N4O3S. The second-order valence-electron chi connectivity index (χ2n) is 6.82. The Labute approximate surface area is 187 Å². The van der Waals surface area contributed by atoms with Crippen molar-refractivity contribution < 1.29 is 23.5 Å². The first kappa shape index (κ1) is 23.0. The molecule has 0 atom stereocenters. The van der Waals surface area contributed by atoms with Crippen LogP contribution in [0.25, 0.3) is 5.70 Å². The van der Waals surface area contributed by atoms with Gasteiger partial charge >= 0.3 is 12.0 Å². The zero-order chi connectivity index (χ0) is 23.6. The van der Waals surface area contributed by atoms with Gasteiger partial charge in [0.25, 0.3) is 0 Å². The second kappa shape index (κ2) is 9.23. The number of urea groups is 1. The fourth-order valence-electron chi connectivity index (χ4n) is 3.17. The van der Waals surface area contributed by atoms with Crippen molar-refractivity contribution in [3.63, 3.8) is 0 Å². The molecular weight excluding hydrogens is 438 g/mol. The van der Waals surface area contributed by atoms with E-state index in [-0.39, 0.29) is 34.2 Å². The van der Waals surface area contributed by atoms with Crippen LogP contribution in [0.3, 0.4) is 0 Å². The second-order valence-corrected chi connectivity index (χ2v) is 7.70. The highest BCUT2D eigenvalue weighted by Gasteiger charge is 2.35. The molecule has 0 aromatic heterocycles. The molecule has 1 aliphatic heterocycles. The molecule has 0 saturated carbocycles. The first-order chi connectivity index (χ1) is 15.1. The summed E-state index contributed by atoms with van der Waals surface area (Å²) in [6.45, 7) is 5.42. The number of hydrogen-bond acceptors (Lipinski definition) is 5. The van der Waals surface area contributed by atoms with Gasteiger partial charge in [-0.15, -0.1) is 11.8 Å². The van der Waals surface area contributed by atoms with Crippen molar-refractivity contribution in [1.29, 1.82) is 0 Å². The summed E-state index contributed by atoms with van der Waals surface area (Å²) >= 11 is 1.18. The molecule has 4 N–H and O–H groups in total. The van der Waals surface area contributed by atoms with E-state index in [0.29, 0.717) is 11.1 Å². The van der Waals surface area contributed by atoms with Gasteiger partial charge in [-0.25, -0.2) is 28.3 Å². The van der Waals surface area contributed by atoms with Crippen molar-refractivity contribution >= 4 is 41.0 Å². The number of aryl methyl sites for hydroxylation is 1. The Morgan fingerprint density at radius 2 is 1.94 bits per heavy atom. The number of amidine groups is 1. The van der Waals surface area contributed by atoms with Crippen LogP contribution in [-0.2, 0) is 0 Å². The van der Waals surface area contributed by atoms with Gasteiger partial charge in [0.05, 0.1) is 17.1 Å². The van der Waals surface area contributed by atoms with E-state index in [9.17, 15) is 23.5 Å². The number of carbonyl (C=O) groups excluding carboxylic acids is 1. The fourth-order valence-corrected chi connectivity index (χ4v) is 3.35. The molecule has 1 saturated heterocycles. The van der Waals surface area contributed by atoms with E-state index in [4.69, 9.17) is 5.73 Å². The molecule has 166 valence electrons. The number of nitrogens with zero attached hydrogens (tertiary/aromatic N) is 2. The van der Waals surface area contributed by atoms with Crippen molar-refractivity contribution in [2.75, 3.05) is 17.7 Å². The van der Waals surface area contributed by atoms with Crippen molar-refractivity contribution in [3.8, 4) is 0 Å². The molecule has 2 amide bonds. The lowest BCUT2D eigenvalue weighted by molar-refractivity contribution is 0.0697. The van der Waals surface area contributed by atoms with Crippen molar-refractivity contribution in [2.24, 2.45) is 10.7 Å². The predicted octanol–water partition coefficient (Wildman–Crippen LogP) is 4.10. The van der Waals surface area contributed by atoms with Crippen LogP contribution in [0.5, 0.6) is 0 Å². The number of rotatable bonds is 5. The Morgan fingerprint density at radius 3 is 2.53 bits per heavy atom. The number of carbonyl (C=O) groups is 2. The molecule has 1 fully saturated rings. The molecule has 0 aliphatic carbocycles. The molecule has 2 aromatic rings. The van der Waals surface area contributed by atoms with Crippen molar-refractivity contribution in [3.05, 3.63) is 81.9 Å². The molecule has 32 heavy (non-hydrogen) atoms. The lowest BCUT2D eigenvalue weighted by Crippen LogP contribution is -2.53. The van der Waals surface area contributed by atoms with Gasteiger partial charge in [-0.1, -0.05) is 18.7 Å². The van der Waals surface area contributed by atoms with E-state index in [2.05, 4.69) is 16.9 Å². The Balaban J connectivity index is 2.29. The normalized spacial score (nSPS) is 16.7. The van der Waals surface area contributed by atoms with Crippen LogP contribution < -0.4 is 16.0 Å². The maximum atomic E-state index is 14.6. The average Bonchev–Trinajstić information content (AvgIpc) is 2.75. The van der Waals surface area contributed by atoms with Gasteiger partial charge in [0.15, 0.2) is 0 Å². The molecule has 10 heteroatoms. The highest BCUT2D eigenvalue weighted by atomic mass is 32.2. The topological polar surface area (TPSA) is 108 Å². The summed E-state index contributed by atoms with van der Waals surface area (Å²) in [6, 6.07) is 6.86. The fraction of sp³-hybridized carbons (Fsp3) is 0.136. The largest absolute Gasteiger partial charge is 0.478 e. The van der Waals surface area contributed by atoms with Gasteiger partial charge < -0.3 is 16.2 Å². The number of benzene rings is 2. The van der Waals surface area contributed by atoms with E-state index in [0.717, 1.165) is 17.0 Å². The molecule has 3 rings (SSSR count). The monoisotopic (exact) mass is 458 g/mol. The maximum Gasteiger partial charge on any atom is 0.335 e. The van der Waals surface area contributed by atoms with Gasteiger partial charge in [0.2, 0.25) is 0 Å². The van der Waals surface area contributed by atoms with E-state index in [1.165, 1.54) is 30.0 Å². The first-order valence-electron chi connectivity index (χ1n) is 9.32. The molecule has 1 aliphatic rings. The van der Waals surface area contributed by atoms with Gasteiger partial charge in [0.1, 0.15) is 23.2 Å². The number of carboxylic acid groups (broad SMARTS) is 1. The number of anilines is 1. The van der Waals surface area contributed by atoms with Gasteiger partial charge in [-0.05, 0) is 43.0 Å². The van der Waals surface area contributed by atoms with E-state index < -0.39 is 29.3 Å². The Bertz CT molecular complexity index is 1170. The molecule has 1 heterocycles. The number of halogens is 2. The SMILES string of the molecule is C=C(/N=C1\C(=C(/N)c2cc(C(=O)O)ccc2C)CNC(=O)N1c1c(F)cccc1F)SC. The Kier molecular flexibility index (Phi) is 6.64. The van der Waals surface area contributed by atoms with Crippen LogP contribution in [0.15, 0.2) is 58.6 Å². The predicted molar refractivity (Wildman–Crippen MR) is 122 cm³/mol. The number of nitrogens with two attached hydrogens (primary N) is 1. The van der Waals surface area contributed by atoms with E-state index >= 15 is 0 Å². The number of nitrogens with one attached hydrogen (secondary N) is 1. The summed E-state index contributed by atoms with van der Waals surface area (Å²) in [6.07, 6.45) is 1.70. The third kappa shape index (κ3) is 4.35. The van der Waals surface area contributed by atoms with Crippen LogP contribution >= 0.6 is 11.8 Å². The minimum Gasteiger partial charge on any atom is -0.478 e. The summed E-state index contributed by atoms with van der Waals surface area (Å²) in [7, 11) is 0. The maximum absolute atomic E-state index is 14.6. The van der Waals surface area contributed by atoms with E-state index in [1.807, 2.05) is 0 Å². The molecule has 0 unspecified atom stereocenters. The summed E-state index contributed by atoms with van der Waals surface area (Å²) in [4.78, 5) is 29.2. The van der Waals surface area contributed by atoms with Crippen LogP contribution in [0, 0.1) is 18.6 Å². The highest BCUT2D eigenvalue weighted by molar-refractivity contribution is 8.02. The van der Waals surface area contributed by atoms with Crippen LogP contribution in [0.2, 0.25) is 0 Å². The number of hydrogen-bond donors (Lipinski definition) is 3. The number of amides is 2. The smallest absolute Gasteiger partial charge is 0.335 e. The molecule has 0 spiro atoms. The first-order valence-corrected chi connectivity index (χ1v) is 10.5. The lowest BCUT2D eigenvalue weighted by atomic mass is 9.97. The zero-order valence-corrected chi connectivity index (χ0v) is 18.1. The molecule has 0 bridgehead atoms. The minimum atomic E-state index is -1.14. The molecule has 7 nitrogen and oxygen atoms in total. The Morgan fingerprint density at radius 1 is 1.28 bits per heavy atom. The van der Waals surface area contributed by atoms with Crippen molar-refractivity contribution in [2.45, 2.75) is 6.92 Å². The quantitative estimate of drug-likeness (QED) is 0.625.